The summed E-state index contributed by atoms with van der Waals surface area (Å²) in [6.45, 7) is -0.0578. The molecule has 13 heteroatoms. The zero-order chi connectivity index (χ0) is 35.5. The molecule has 50 heavy (non-hydrogen) atoms. The van der Waals surface area contributed by atoms with Crippen molar-refractivity contribution in [2.45, 2.75) is 62.7 Å². The second-order valence-corrected chi connectivity index (χ2v) is 12.3. The summed E-state index contributed by atoms with van der Waals surface area (Å²) >= 11 is 0. The first-order chi connectivity index (χ1) is 24.1. The van der Waals surface area contributed by atoms with E-state index in [0.717, 1.165) is 27.6 Å². The summed E-state index contributed by atoms with van der Waals surface area (Å²) in [5.74, 6) is -4.41. The SMILES string of the molecule is O=C(O)CCC(=O)N[C@H]1CC(=O)N[C@@H](Cc2c[nH]c3ccccc23)C(=O)N[C@@H](Cc2ccccc2)C(=O)N[C@H](Cc2ccccc2)CNC1=O. The van der Waals surface area contributed by atoms with Gasteiger partial charge < -0.3 is 36.7 Å². The zero-order valence-corrected chi connectivity index (χ0v) is 27.3. The van der Waals surface area contributed by atoms with Crippen LogP contribution in [0.5, 0.6) is 0 Å². The van der Waals surface area contributed by atoms with Crippen LogP contribution in [-0.2, 0) is 48.0 Å². The predicted molar refractivity (Wildman–Crippen MR) is 185 cm³/mol. The van der Waals surface area contributed by atoms with Gasteiger partial charge in [0.1, 0.15) is 18.1 Å². The van der Waals surface area contributed by atoms with Crippen molar-refractivity contribution in [3.8, 4) is 0 Å². The van der Waals surface area contributed by atoms with Gasteiger partial charge in [-0.05, 0) is 29.2 Å². The van der Waals surface area contributed by atoms with Gasteiger partial charge in [-0.15, -0.1) is 0 Å². The van der Waals surface area contributed by atoms with Crippen molar-refractivity contribution in [3.63, 3.8) is 0 Å². The summed E-state index contributed by atoms with van der Waals surface area (Å²) in [5, 5.41) is 23.7. The number of hydrogen-bond donors (Lipinski definition) is 7. The molecule has 13 nitrogen and oxygen atoms in total. The van der Waals surface area contributed by atoms with Crippen molar-refractivity contribution in [1.82, 2.24) is 31.6 Å². The van der Waals surface area contributed by atoms with Crippen LogP contribution in [0.25, 0.3) is 10.9 Å². The van der Waals surface area contributed by atoms with Crippen molar-refractivity contribution >= 4 is 46.4 Å². The Morgan fingerprint density at radius 1 is 0.700 bits per heavy atom. The summed E-state index contributed by atoms with van der Waals surface area (Å²) in [6, 6.07) is 21.8. The third-order valence-corrected chi connectivity index (χ3v) is 8.47. The number of carbonyl (C=O) groups excluding carboxylic acids is 5. The van der Waals surface area contributed by atoms with Crippen LogP contribution < -0.4 is 26.6 Å². The van der Waals surface area contributed by atoms with Crippen LogP contribution in [0, 0.1) is 0 Å². The third kappa shape index (κ3) is 10.0. The van der Waals surface area contributed by atoms with E-state index in [4.69, 9.17) is 5.11 Å². The highest BCUT2D eigenvalue weighted by atomic mass is 16.4. The summed E-state index contributed by atoms with van der Waals surface area (Å²) in [5.41, 5.74) is 3.27. The Bertz CT molecular complexity index is 1830. The molecule has 0 radical (unpaired) electrons. The fourth-order valence-corrected chi connectivity index (χ4v) is 5.92. The van der Waals surface area contributed by atoms with E-state index in [0.29, 0.717) is 6.42 Å². The number of hydrogen-bond acceptors (Lipinski definition) is 6. The van der Waals surface area contributed by atoms with E-state index in [1.54, 1.807) is 6.20 Å². The number of amides is 5. The molecule has 0 spiro atoms. The molecule has 5 rings (SSSR count). The Hall–Kier alpha value is -5.98. The summed E-state index contributed by atoms with van der Waals surface area (Å²) in [6.07, 6.45) is 0.914. The molecule has 7 N–H and O–H groups in total. The largest absolute Gasteiger partial charge is 0.481 e. The number of fused-ring (bicyclic) bond motifs is 1. The molecule has 1 aliphatic heterocycles. The molecule has 4 atom stereocenters. The first kappa shape index (κ1) is 35.3. The lowest BCUT2D eigenvalue weighted by atomic mass is 10.0. The van der Waals surface area contributed by atoms with Crippen LogP contribution in [0.15, 0.2) is 91.1 Å². The maximum atomic E-state index is 14.1. The lowest BCUT2D eigenvalue weighted by Crippen LogP contribution is -2.59. The predicted octanol–water partition coefficient (Wildman–Crippen LogP) is 1.52. The Morgan fingerprint density at radius 2 is 1.32 bits per heavy atom. The average molecular weight is 681 g/mol. The van der Waals surface area contributed by atoms with Gasteiger partial charge >= 0.3 is 5.97 Å². The number of carboxylic acid groups (broad SMARTS) is 1. The second kappa shape index (κ2) is 16.9. The Labute approximate surface area is 288 Å². The monoisotopic (exact) mass is 680 g/mol. The molecule has 4 aromatic rings. The van der Waals surface area contributed by atoms with E-state index in [2.05, 4.69) is 31.6 Å². The molecule has 0 aliphatic carbocycles. The molecule has 1 aliphatic rings. The van der Waals surface area contributed by atoms with E-state index in [9.17, 15) is 28.8 Å². The molecule has 5 amide bonds. The van der Waals surface area contributed by atoms with Gasteiger partial charge in [0, 0.05) is 42.9 Å². The molecular weight excluding hydrogens is 640 g/mol. The topological polar surface area (TPSA) is 199 Å². The van der Waals surface area contributed by atoms with E-state index >= 15 is 0 Å². The van der Waals surface area contributed by atoms with Gasteiger partial charge in [0.15, 0.2) is 0 Å². The third-order valence-electron chi connectivity index (χ3n) is 8.47. The van der Waals surface area contributed by atoms with E-state index < -0.39 is 78.9 Å². The van der Waals surface area contributed by atoms with Gasteiger partial charge in [-0.25, -0.2) is 0 Å². The molecule has 3 aromatic carbocycles. The lowest BCUT2D eigenvalue weighted by molar-refractivity contribution is -0.139. The zero-order valence-electron chi connectivity index (χ0n) is 27.3. The second-order valence-electron chi connectivity index (χ2n) is 12.3. The van der Waals surface area contributed by atoms with Crippen LogP contribution in [0.1, 0.15) is 36.0 Å². The maximum Gasteiger partial charge on any atom is 0.303 e. The minimum Gasteiger partial charge on any atom is -0.481 e. The number of carboxylic acids is 1. The van der Waals surface area contributed by atoms with Crippen LogP contribution in [0.2, 0.25) is 0 Å². The Kier molecular flexibility index (Phi) is 11.9. The van der Waals surface area contributed by atoms with Gasteiger partial charge in [-0.3, -0.25) is 28.8 Å². The summed E-state index contributed by atoms with van der Waals surface area (Å²) in [4.78, 5) is 81.9. The molecular formula is C37H40N6O7. The highest BCUT2D eigenvalue weighted by Gasteiger charge is 2.32. The minimum absolute atomic E-state index is 0.0553. The molecule has 0 saturated carbocycles. The fraction of sp³-hybridized carbons (Fsp3) is 0.297. The first-order valence-electron chi connectivity index (χ1n) is 16.5. The molecule has 1 saturated heterocycles. The van der Waals surface area contributed by atoms with Gasteiger partial charge in [-0.1, -0.05) is 78.9 Å². The molecule has 1 aromatic heterocycles. The number of para-hydroxylation sites is 1. The summed E-state index contributed by atoms with van der Waals surface area (Å²) < 4.78 is 0. The van der Waals surface area contributed by atoms with Gasteiger partial charge in [0.25, 0.3) is 0 Å². The fourth-order valence-electron chi connectivity index (χ4n) is 5.92. The van der Waals surface area contributed by atoms with E-state index in [1.165, 1.54) is 0 Å². The summed E-state index contributed by atoms with van der Waals surface area (Å²) in [7, 11) is 0. The number of rotatable bonds is 10. The maximum absolute atomic E-state index is 14.1. The molecule has 2 heterocycles. The Balaban J connectivity index is 1.47. The van der Waals surface area contributed by atoms with Crippen molar-refractivity contribution < 1.29 is 33.9 Å². The van der Waals surface area contributed by atoms with Gasteiger partial charge in [0.2, 0.25) is 29.5 Å². The molecule has 0 bridgehead atoms. The number of aliphatic carboxylic acids is 1. The molecule has 1 fully saturated rings. The highest BCUT2D eigenvalue weighted by molar-refractivity contribution is 5.96. The standard InChI is InChI=1S/C37H40N6O7/c44-32(15-16-34(46)47)41-31-20-33(45)42-30(19-25-21-38-28-14-8-7-13-27(25)28)37(50)43-29(18-24-11-5-2-6-12-24)36(49)40-26(22-39-35(31)48)17-23-9-3-1-4-10-23/h1-14,21,26,29-31,38H,15-20,22H2,(H,39,48)(H,40,49)(H,41,44)(H,42,45)(H,43,50)(H,46,47)/t26-,29+,30+,31+/m1/s1. The molecule has 260 valence electrons. The number of aromatic nitrogens is 1. The van der Waals surface area contributed by atoms with E-state index in [-0.39, 0.29) is 19.4 Å². The van der Waals surface area contributed by atoms with Crippen LogP contribution in [0.3, 0.4) is 0 Å². The van der Waals surface area contributed by atoms with Gasteiger partial charge in [0.05, 0.1) is 18.9 Å². The number of carbonyl (C=O) groups is 6. The van der Waals surface area contributed by atoms with Crippen LogP contribution in [-0.4, -0.2) is 76.3 Å². The number of aromatic amines is 1. The van der Waals surface area contributed by atoms with Crippen LogP contribution >= 0.6 is 0 Å². The normalized spacial score (nSPS) is 20.5. The van der Waals surface area contributed by atoms with E-state index in [1.807, 2.05) is 84.9 Å². The number of benzene rings is 3. The van der Waals surface area contributed by atoms with Crippen LogP contribution in [0.4, 0.5) is 0 Å². The smallest absolute Gasteiger partial charge is 0.303 e. The first-order valence-corrected chi connectivity index (χ1v) is 16.5. The lowest BCUT2D eigenvalue weighted by Gasteiger charge is -2.28. The average Bonchev–Trinajstić information content (AvgIpc) is 3.51. The van der Waals surface area contributed by atoms with Crippen molar-refractivity contribution in [1.29, 1.82) is 0 Å². The highest BCUT2D eigenvalue weighted by Crippen LogP contribution is 2.20. The van der Waals surface area contributed by atoms with Crippen molar-refractivity contribution in [3.05, 3.63) is 108 Å². The van der Waals surface area contributed by atoms with Crippen molar-refractivity contribution in [2.75, 3.05) is 6.54 Å². The Morgan fingerprint density at radius 3 is 2.02 bits per heavy atom. The minimum atomic E-state index is -1.38. The quantitative estimate of drug-likeness (QED) is 0.132. The molecule has 0 unspecified atom stereocenters. The number of nitrogens with one attached hydrogen (secondary N) is 6. The van der Waals surface area contributed by atoms with Gasteiger partial charge in [-0.2, -0.15) is 0 Å². The number of H-pyrrole nitrogens is 1. The van der Waals surface area contributed by atoms with Crippen molar-refractivity contribution in [2.24, 2.45) is 0 Å².